The SMILES string of the molecule is Cc1ccc(C(=O)NCC(Cl)C(C)C)cc1Br. The molecular formula is C13H17BrClNO. The van der Waals surface area contributed by atoms with Crippen LogP contribution < -0.4 is 5.32 Å². The van der Waals surface area contributed by atoms with Crippen LogP contribution in [0.15, 0.2) is 22.7 Å². The molecule has 0 fully saturated rings. The molecule has 4 heteroatoms. The van der Waals surface area contributed by atoms with E-state index in [-0.39, 0.29) is 11.3 Å². The topological polar surface area (TPSA) is 29.1 Å². The number of aryl methyl sites for hydroxylation is 1. The number of benzene rings is 1. The van der Waals surface area contributed by atoms with Crippen molar-refractivity contribution in [1.82, 2.24) is 5.32 Å². The van der Waals surface area contributed by atoms with Crippen LogP contribution in [-0.2, 0) is 0 Å². The Labute approximate surface area is 116 Å². The van der Waals surface area contributed by atoms with E-state index in [1.54, 1.807) is 0 Å². The lowest BCUT2D eigenvalue weighted by Crippen LogP contribution is -2.31. The van der Waals surface area contributed by atoms with E-state index in [0.29, 0.717) is 18.0 Å². The molecule has 0 bridgehead atoms. The Kier molecular flexibility index (Phi) is 5.47. The molecule has 1 unspecified atom stereocenters. The number of alkyl halides is 1. The second kappa shape index (κ2) is 6.41. The zero-order valence-electron chi connectivity index (χ0n) is 10.3. The van der Waals surface area contributed by atoms with Gasteiger partial charge >= 0.3 is 0 Å². The molecule has 1 aromatic carbocycles. The molecule has 2 nitrogen and oxygen atoms in total. The molecule has 1 amide bonds. The molecule has 1 atom stereocenters. The smallest absolute Gasteiger partial charge is 0.251 e. The lowest BCUT2D eigenvalue weighted by Gasteiger charge is -2.14. The van der Waals surface area contributed by atoms with Crippen molar-refractivity contribution in [2.24, 2.45) is 5.92 Å². The molecule has 17 heavy (non-hydrogen) atoms. The number of halogens is 2. The minimum atomic E-state index is -0.0861. The molecule has 1 rings (SSSR count). The lowest BCUT2D eigenvalue weighted by atomic mass is 10.1. The number of hydrogen-bond donors (Lipinski definition) is 1. The Morgan fingerprint density at radius 3 is 2.65 bits per heavy atom. The van der Waals surface area contributed by atoms with Gasteiger partial charge in [0.1, 0.15) is 0 Å². The summed E-state index contributed by atoms with van der Waals surface area (Å²) in [6.07, 6.45) is 0. The van der Waals surface area contributed by atoms with E-state index in [0.717, 1.165) is 10.0 Å². The standard InChI is InChI=1S/C13H17BrClNO/c1-8(2)12(15)7-16-13(17)10-5-4-9(3)11(14)6-10/h4-6,8,12H,7H2,1-3H3,(H,16,17). The minimum Gasteiger partial charge on any atom is -0.351 e. The van der Waals surface area contributed by atoms with Crippen molar-refractivity contribution in [2.45, 2.75) is 26.1 Å². The third kappa shape index (κ3) is 4.32. The highest BCUT2D eigenvalue weighted by Gasteiger charge is 2.12. The maximum Gasteiger partial charge on any atom is 0.251 e. The first-order chi connectivity index (χ1) is 7.91. The summed E-state index contributed by atoms with van der Waals surface area (Å²) in [4.78, 5) is 11.8. The van der Waals surface area contributed by atoms with Crippen LogP contribution >= 0.6 is 27.5 Å². The summed E-state index contributed by atoms with van der Waals surface area (Å²) in [6, 6.07) is 5.55. The van der Waals surface area contributed by atoms with Gasteiger partial charge in [0.2, 0.25) is 0 Å². The molecule has 0 aliphatic rings. The zero-order chi connectivity index (χ0) is 13.0. The fourth-order valence-corrected chi connectivity index (χ4v) is 1.72. The average molecular weight is 319 g/mol. The number of carbonyl (C=O) groups is 1. The van der Waals surface area contributed by atoms with Crippen molar-refractivity contribution in [2.75, 3.05) is 6.54 Å². The van der Waals surface area contributed by atoms with E-state index in [1.807, 2.05) is 39.0 Å². The molecule has 0 aromatic heterocycles. The van der Waals surface area contributed by atoms with Gasteiger partial charge in [-0.3, -0.25) is 4.79 Å². The monoisotopic (exact) mass is 317 g/mol. The van der Waals surface area contributed by atoms with Crippen LogP contribution in [-0.4, -0.2) is 17.8 Å². The number of carbonyl (C=O) groups excluding carboxylic acids is 1. The van der Waals surface area contributed by atoms with E-state index in [2.05, 4.69) is 21.2 Å². The number of amides is 1. The average Bonchev–Trinajstić information content (AvgIpc) is 2.28. The quantitative estimate of drug-likeness (QED) is 0.842. The molecule has 94 valence electrons. The second-order valence-corrected chi connectivity index (χ2v) is 5.85. The van der Waals surface area contributed by atoms with Crippen LogP contribution in [0.4, 0.5) is 0 Å². The van der Waals surface area contributed by atoms with Gasteiger partial charge in [0.25, 0.3) is 5.91 Å². The van der Waals surface area contributed by atoms with Gasteiger partial charge in [-0.05, 0) is 30.5 Å². The summed E-state index contributed by atoms with van der Waals surface area (Å²) in [7, 11) is 0. The fraction of sp³-hybridized carbons (Fsp3) is 0.462. The predicted molar refractivity (Wildman–Crippen MR) is 75.7 cm³/mol. The Morgan fingerprint density at radius 1 is 1.47 bits per heavy atom. The second-order valence-electron chi connectivity index (χ2n) is 4.43. The molecule has 0 spiro atoms. The fourth-order valence-electron chi connectivity index (χ4n) is 1.26. The molecule has 0 aliphatic carbocycles. The third-order valence-corrected chi connectivity index (χ3v) is 4.13. The largest absolute Gasteiger partial charge is 0.351 e. The van der Waals surface area contributed by atoms with Crippen LogP contribution in [0.2, 0.25) is 0 Å². The van der Waals surface area contributed by atoms with E-state index in [1.165, 1.54) is 0 Å². The maximum atomic E-state index is 11.8. The van der Waals surface area contributed by atoms with Gasteiger partial charge in [0, 0.05) is 16.6 Å². The number of rotatable bonds is 4. The van der Waals surface area contributed by atoms with E-state index >= 15 is 0 Å². The number of nitrogens with one attached hydrogen (secondary N) is 1. The molecular weight excluding hydrogens is 302 g/mol. The normalized spacial score (nSPS) is 12.6. The van der Waals surface area contributed by atoms with E-state index < -0.39 is 0 Å². The van der Waals surface area contributed by atoms with Crippen LogP contribution in [0.3, 0.4) is 0 Å². The summed E-state index contributed by atoms with van der Waals surface area (Å²) in [5.41, 5.74) is 1.76. The number of hydrogen-bond acceptors (Lipinski definition) is 1. The highest BCUT2D eigenvalue weighted by Crippen LogP contribution is 2.17. The summed E-state index contributed by atoms with van der Waals surface area (Å²) < 4.78 is 0.941. The molecule has 0 saturated carbocycles. The van der Waals surface area contributed by atoms with Crippen molar-refractivity contribution in [3.05, 3.63) is 33.8 Å². The highest BCUT2D eigenvalue weighted by atomic mass is 79.9. The maximum absolute atomic E-state index is 11.8. The van der Waals surface area contributed by atoms with Crippen LogP contribution in [0.5, 0.6) is 0 Å². The van der Waals surface area contributed by atoms with Gasteiger partial charge < -0.3 is 5.32 Å². The molecule has 1 aromatic rings. The van der Waals surface area contributed by atoms with Gasteiger partial charge in [-0.25, -0.2) is 0 Å². The van der Waals surface area contributed by atoms with Crippen molar-refractivity contribution >= 4 is 33.4 Å². The van der Waals surface area contributed by atoms with Crippen LogP contribution in [0, 0.1) is 12.8 Å². The van der Waals surface area contributed by atoms with E-state index in [9.17, 15) is 4.79 Å². The molecule has 0 radical (unpaired) electrons. The van der Waals surface area contributed by atoms with Gasteiger partial charge in [0.15, 0.2) is 0 Å². The predicted octanol–water partition coefficient (Wildman–Crippen LogP) is 3.75. The first-order valence-electron chi connectivity index (χ1n) is 5.60. The molecule has 0 heterocycles. The lowest BCUT2D eigenvalue weighted by molar-refractivity contribution is 0.0952. The van der Waals surface area contributed by atoms with Crippen molar-refractivity contribution in [1.29, 1.82) is 0 Å². The molecule has 0 aliphatic heterocycles. The Morgan fingerprint density at radius 2 is 2.12 bits per heavy atom. The van der Waals surface area contributed by atoms with Crippen molar-refractivity contribution < 1.29 is 4.79 Å². The van der Waals surface area contributed by atoms with E-state index in [4.69, 9.17) is 11.6 Å². The van der Waals surface area contributed by atoms with Gasteiger partial charge in [0.05, 0.1) is 5.38 Å². The Balaban J connectivity index is 2.61. The van der Waals surface area contributed by atoms with Crippen LogP contribution in [0.1, 0.15) is 29.8 Å². The zero-order valence-corrected chi connectivity index (χ0v) is 12.6. The summed E-state index contributed by atoms with van der Waals surface area (Å²) in [5.74, 6) is 0.263. The summed E-state index contributed by atoms with van der Waals surface area (Å²) in [6.45, 7) is 6.54. The van der Waals surface area contributed by atoms with Crippen molar-refractivity contribution in [3.8, 4) is 0 Å². The minimum absolute atomic E-state index is 0.0344. The molecule has 1 N–H and O–H groups in total. The van der Waals surface area contributed by atoms with Gasteiger partial charge in [-0.2, -0.15) is 0 Å². The summed E-state index contributed by atoms with van der Waals surface area (Å²) >= 11 is 9.49. The Bertz CT molecular complexity index is 406. The Hall–Kier alpha value is -0.540. The molecule has 0 saturated heterocycles. The van der Waals surface area contributed by atoms with Gasteiger partial charge in [-0.1, -0.05) is 35.8 Å². The van der Waals surface area contributed by atoms with Gasteiger partial charge in [-0.15, -0.1) is 11.6 Å². The first-order valence-corrected chi connectivity index (χ1v) is 6.83. The highest BCUT2D eigenvalue weighted by molar-refractivity contribution is 9.10. The van der Waals surface area contributed by atoms with Crippen LogP contribution in [0.25, 0.3) is 0 Å². The first kappa shape index (κ1) is 14.5. The summed E-state index contributed by atoms with van der Waals surface area (Å²) in [5, 5.41) is 2.80. The third-order valence-electron chi connectivity index (χ3n) is 2.62. The van der Waals surface area contributed by atoms with Crippen molar-refractivity contribution in [3.63, 3.8) is 0 Å².